The van der Waals surface area contributed by atoms with Gasteiger partial charge in [0.2, 0.25) is 5.95 Å². The summed E-state index contributed by atoms with van der Waals surface area (Å²) in [6.45, 7) is 3.42. The summed E-state index contributed by atoms with van der Waals surface area (Å²) in [5.74, 6) is -0.129. The second-order valence-electron chi connectivity index (χ2n) is 4.32. The lowest BCUT2D eigenvalue weighted by atomic mass is 10.3. The Morgan fingerprint density at radius 2 is 2.33 bits per heavy atom. The van der Waals surface area contributed by atoms with E-state index in [1.807, 2.05) is 23.4 Å². The Hall–Kier alpha value is -1.06. The van der Waals surface area contributed by atoms with E-state index in [1.165, 1.54) is 17.3 Å². The molecule has 9 heteroatoms. The lowest BCUT2D eigenvalue weighted by molar-refractivity contribution is -0.133. The van der Waals surface area contributed by atoms with E-state index in [4.69, 9.17) is 5.11 Å². The minimum Gasteiger partial charge on any atom is -0.481 e. The van der Waals surface area contributed by atoms with Crippen LogP contribution in [0.1, 0.15) is 12.5 Å². The molecule has 0 fully saturated rings. The first-order valence-electron chi connectivity index (χ1n) is 6.23. The van der Waals surface area contributed by atoms with Crippen molar-refractivity contribution in [2.75, 3.05) is 17.7 Å². The topological polar surface area (TPSA) is 71.2 Å². The predicted octanol–water partition coefficient (Wildman–Crippen LogP) is 2.94. The van der Waals surface area contributed by atoms with Crippen LogP contribution >= 0.6 is 39.0 Å². The SMILES string of the molecule is CCn1c(SCC(=O)O)nnc1N(C)Cc1csc(Br)c1. The summed E-state index contributed by atoms with van der Waals surface area (Å²) in [6, 6.07) is 2.08. The number of rotatable bonds is 7. The molecule has 2 aromatic rings. The third kappa shape index (κ3) is 4.21. The number of anilines is 1. The van der Waals surface area contributed by atoms with Crippen molar-refractivity contribution < 1.29 is 9.90 Å². The van der Waals surface area contributed by atoms with Gasteiger partial charge in [0.25, 0.3) is 0 Å². The normalized spacial score (nSPS) is 10.8. The number of hydrogen-bond acceptors (Lipinski definition) is 6. The fraction of sp³-hybridized carbons (Fsp3) is 0.417. The van der Waals surface area contributed by atoms with Crippen LogP contribution in [0.4, 0.5) is 5.95 Å². The maximum Gasteiger partial charge on any atom is 0.313 e. The molecule has 2 aromatic heterocycles. The van der Waals surface area contributed by atoms with Crippen molar-refractivity contribution in [2.45, 2.75) is 25.2 Å². The average molecular weight is 391 g/mol. The van der Waals surface area contributed by atoms with Crippen molar-refractivity contribution in [2.24, 2.45) is 0 Å². The van der Waals surface area contributed by atoms with Crippen LogP contribution in [0.2, 0.25) is 0 Å². The largest absolute Gasteiger partial charge is 0.481 e. The summed E-state index contributed by atoms with van der Waals surface area (Å²) in [7, 11) is 1.95. The number of aliphatic carboxylic acids is 1. The Balaban J connectivity index is 2.13. The van der Waals surface area contributed by atoms with Crippen LogP contribution in [0.5, 0.6) is 0 Å². The summed E-state index contributed by atoms with van der Waals surface area (Å²) in [5.41, 5.74) is 1.19. The van der Waals surface area contributed by atoms with Gasteiger partial charge in [0, 0.05) is 20.1 Å². The molecule has 0 saturated carbocycles. The van der Waals surface area contributed by atoms with E-state index in [0.717, 1.165) is 16.3 Å². The zero-order chi connectivity index (χ0) is 15.4. The standard InChI is InChI=1S/C12H15BrN4O2S2/c1-3-17-11(14-15-12(17)21-7-10(18)19)16(2)5-8-4-9(13)20-6-8/h4,6H,3,5,7H2,1-2H3,(H,18,19). The number of carbonyl (C=O) groups is 1. The van der Waals surface area contributed by atoms with Gasteiger partial charge in [-0.15, -0.1) is 21.5 Å². The molecule has 0 atom stereocenters. The van der Waals surface area contributed by atoms with E-state index in [9.17, 15) is 4.79 Å². The first-order chi connectivity index (χ1) is 10.0. The van der Waals surface area contributed by atoms with Crippen molar-refractivity contribution in [1.29, 1.82) is 0 Å². The second kappa shape index (κ2) is 7.28. The summed E-state index contributed by atoms with van der Waals surface area (Å²) >= 11 is 6.28. The molecule has 2 heterocycles. The summed E-state index contributed by atoms with van der Waals surface area (Å²) in [4.78, 5) is 12.7. The highest BCUT2D eigenvalue weighted by molar-refractivity contribution is 9.11. The molecule has 6 nitrogen and oxygen atoms in total. The fourth-order valence-corrected chi connectivity index (χ4v) is 3.76. The monoisotopic (exact) mass is 390 g/mol. The molecule has 0 aliphatic heterocycles. The minimum absolute atomic E-state index is 0.0146. The van der Waals surface area contributed by atoms with Crippen LogP contribution in [0, 0.1) is 0 Å². The first-order valence-corrected chi connectivity index (χ1v) is 8.89. The van der Waals surface area contributed by atoms with Gasteiger partial charge in [0.15, 0.2) is 5.16 Å². The number of hydrogen-bond donors (Lipinski definition) is 1. The maximum absolute atomic E-state index is 10.7. The van der Waals surface area contributed by atoms with E-state index < -0.39 is 5.97 Å². The zero-order valence-corrected chi connectivity index (χ0v) is 14.8. The van der Waals surface area contributed by atoms with Gasteiger partial charge in [-0.2, -0.15) is 0 Å². The van der Waals surface area contributed by atoms with Gasteiger partial charge in [0.1, 0.15) is 0 Å². The first kappa shape index (κ1) is 16.3. The van der Waals surface area contributed by atoms with Crippen LogP contribution in [-0.4, -0.2) is 38.6 Å². The quantitative estimate of drug-likeness (QED) is 0.732. The third-order valence-corrected chi connectivity index (χ3v) is 5.23. The summed E-state index contributed by atoms with van der Waals surface area (Å²) < 4.78 is 3.02. The van der Waals surface area contributed by atoms with Gasteiger partial charge < -0.3 is 10.0 Å². The maximum atomic E-state index is 10.7. The van der Waals surface area contributed by atoms with Gasteiger partial charge in [-0.1, -0.05) is 11.8 Å². The predicted molar refractivity (Wildman–Crippen MR) is 88.2 cm³/mol. The van der Waals surface area contributed by atoms with Gasteiger partial charge in [0.05, 0.1) is 9.54 Å². The van der Waals surface area contributed by atoms with Crippen molar-refractivity contribution in [1.82, 2.24) is 14.8 Å². The number of thiophene rings is 1. The summed E-state index contributed by atoms with van der Waals surface area (Å²) in [5, 5.41) is 19.8. The molecule has 0 unspecified atom stereocenters. The molecule has 0 spiro atoms. The Morgan fingerprint density at radius 3 is 2.90 bits per heavy atom. The van der Waals surface area contributed by atoms with E-state index >= 15 is 0 Å². The molecule has 0 aliphatic carbocycles. The molecule has 0 saturated heterocycles. The number of carboxylic acids is 1. The van der Waals surface area contributed by atoms with Gasteiger partial charge in [-0.25, -0.2) is 0 Å². The van der Waals surface area contributed by atoms with Crippen LogP contribution in [0.3, 0.4) is 0 Å². The molecule has 0 bridgehead atoms. The molecule has 0 radical (unpaired) electrons. The highest BCUT2D eigenvalue weighted by atomic mass is 79.9. The van der Waals surface area contributed by atoms with Crippen LogP contribution in [0.25, 0.3) is 0 Å². The Labute approximate surface area is 139 Å². The van der Waals surface area contributed by atoms with Gasteiger partial charge in [-0.3, -0.25) is 9.36 Å². The van der Waals surface area contributed by atoms with Crippen molar-refractivity contribution in [3.05, 3.63) is 20.8 Å². The fourth-order valence-electron chi connectivity index (χ4n) is 1.85. The number of aromatic nitrogens is 3. The molecule has 0 aromatic carbocycles. The third-order valence-electron chi connectivity index (χ3n) is 2.72. The Bertz CT molecular complexity index is 629. The van der Waals surface area contributed by atoms with E-state index in [1.54, 1.807) is 11.3 Å². The molecule has 114 valence electrons. The van der Waals surface area contributed by atoms with E-state index in [0.29, 0.717) is 11.7 Å². The smallest absolute Gasteiger partial charge is 0.313 e. The minimum atomic E-state index is -0.858. The Kier molecular flexibility index (Phi) is 5.65. The number of thioether (sulfide) groups is 1. The number of carboxylic acid groups (broad SMARTS) is 1. The second-order valence-corrected chi connectivity index (χ2v) is 7.56. The molecule has 1 N–H and O–H groups in total. The van der Waals surface area contributed by atoms with Gasteiger partial charge in [-0.05, 0) is 39.9 Å². The van der Waals surface area contributed by atoms with E-state index in [-0.39, 0.29) is 5.75 Å². The molecule has 0 aliphatic rings. The highest BCUT2D eigenvalue weighted by Crippen LogP contribution is 2.25. The lowest BCUT2D eigenvalue weighted by Crippen LogP contribution is -2.20. The molecular formula is C12H15BrN4O2S2. The Morgan fingerprint density at radius 1 is 1.57 bits per heavy atom. The molecule has 21 heavy (non-hydrogen) atoms. The lowest BCUT2D eigenvalue weighted by Gasteiger charge is -2.18. The van der Waals surface area contributed by atoms with Crippen LogP contribution < -0.4 is 4.90 Å². The zero-order valence-electron chi connectivity index (χ0n) is 11.6. The molecule has 0 amide bonds. The van der Waals surface area contributed by atoms with Crippen molar-refractivity contribution in [3.63, 3.8) is 0 Å². The van der Waals surface area contributed by atoms with Crippen LogP contribution in [-0.2, 0) is 17.9 Å². The van der Waals surface area contributed by atoms with Crippen LogP contribution in [0.15, 0.2) is 20.4 Å². The highest BCUT2D eigenvalue weighted by Gasteiger charge is 2.16. The van der Waals surface area contributed by atoms with E-state index in [2.05, 4.69) is 37.6 Å². The number of nitrogens with zero attached hydrogens (tertiary/aromatic N) is 4. The average Bonchev–Trinajstić information content (AvgIpc) is 3.02. The van der Waals surface area contributed by atoms with Crippen molar-refractivity contribution >= 4 is 50.9 Å². The molecular weight excluding hydrogens is 376 g/mol. The number of halogens is 1. The van der Waals surface area contributed by atoms with Crippen molar-refractivity contribution in [3.8, 4) is 0 Å². The molecule has 2 rings (SSSR count). The summed E-state index contributed by atoms with van der Waals surface area (Å²) in [6.07, 6.45) is 0. The van der Waals surface area contributed by atoms with Gasteiger partial charge >= 0.3 is 5.97 Å².